The summed E-state index contributed by atoms with van der Waals surface area (Å²) in [7, 11) is 0. The van der Waals surface area contributed by atoms with Crippen molar-refractivity contribution < 1.29 is 0 Å². The highest BCUT2D eigenvalue weighted by Gasteiger charge is 2.29. The van der Waals surface area contributed by atoms with Crippen LogP contribution in [0.3, 0.4) is 0 Å². The fourth-order valence-electron chi connectivity index (χ4n) is 3.22. The first-order valence-corrected chi connectivity index (χ1v) is 8.81. The molecule has 3 aromatic rings. The van der Waals surface area contributed by atoms with E-state index >= 15 is 0 Å². The van der Waals surface area contributed by atoms with Crippen LogP contribution in [-0.2, 0) is 0 Å². The van der Waals surface area contributed by atoms with Gasteiger partial charge in [-0.1, -0.05) is 48.5 Å². The van der Waals surface area contributed by atoms with Crippen molar-refractivity contribution in [2.75, 3.05) is 29.4 Å². The summed E-state index contributed by atoms with van der Waals surface area (Å²) >= 11 is 1.72. The van der Waals surface area contributed by atoms with Crippen molar-refractivity contribution >= 4 is 22.2 Å². The maximum Gasteiger partial charge on any atom is 0.185 e. The molecule has 1 aromatic heterocycles. The second-order valence-corrected chi connectivity index (χ2v) is 6.59. The predicted octanol–water partition coefficient (Wildman–Crippen LogP) is 4.21. The van der Waals surface area contributed by atoms with Crippen LogP contribution >= 0.6 is 11.3 Å². The maximum atomic E-state index is 4.49. The number of rotatable bonds is 3. The Labute approximate surface area is 140 Å². The van der Waals surface area contributed by atoms with Crippen molar-refractivity contribution in [2.24, 2.45) is 0 Å². The summed E-state index contributed by atoms with van der Waals surface area (Å²) in [5, 5.41) is 3.18. The van der Waals surface area contributed by atoms with Gasteiger partial charge in [0, 0.05) is 36.9 Å². The van der Waals surface area contributed by atoms with Gasteiger partial charge < -0.3 is 9.80 Å². The molecule has 2 heterocycles. The van der Waals surface area contributed by atoms with Crippen molar-refractivity contribution in [3.8, 4) is 0 Å². The molecular formula is C19H19N3S. The number of hydrogen-bond acceptors (Lipinski definition) is 4. The lowest BCUT2D eigenvalue weighted by molar-refractivity contribution is 0.538. The Bertz CT molecular complexity index is 728. The van der Waals surface area contributed by atoms with Crippen molar-refractivity contribution in [3.63, 3.8) is 0 Å². The molecule has 0 spiro atoms. The first-order valence-electron chi connectivity index (χ1n) is 7.93. The van der Waals surface area contributed by atoms with Crippen LogP contribution in [0.1, 0.15) is 11.6 Å². The minimum Gasteiger partial charge on any atom is -0.361 e. The van der Waals surface area contributed by atoms with E-state index < -0.39 is 0 Å². The Kier molecular flexibility index (Phi) is 3.99. The minimum absolute atomic E-state index is 0.344. The lowest BCUT2D eigenvalue weighted by Crippen LogP contribution is -2.48. The fourth-order valence-corrected chi connectivity index (χ4v) is 3.90. The van der Waals surface area contributed by atoms with E-state index in [1.807, 2.05) is 6.20 Å². The van der Waals surface area contributed by atoms with Gasteiger partial charge in [0.15, 0.2) is 5.13 Å². The summed E-state index contributed by atoms with van der Waals surface area (Å²) in [5.74, 6) is 0. The molecule has 0 amide bonds. The number of nitrogens with zero attached hydrogens (tertiary/aromatic N) is 3. The van der Waals surface area contributed by atoms with Gasteiger partial charge in [-0.15, -0.1) is 11.3 Å². The van der Waals surface area contributed by atoms with Crippen LogP contribution in [0, 0.1) is 0 Å². The van der Waals surface area contributed by atoms with Crippen molar-refractivity contribution in [3.05, 3.63) is 77.8 Å². The van der Waals surface area contributed by atoms with E-state index in [9.17, 15) is 0 Å². The second kappa shape index (κ2) is 6.42. The van der Waals surface area contributed by atoms with Gasteiger partial charge in [-0.05, 0) is 17.7 Å². The summed E-state index contributed by atoms with van der Waals surface area (Å²) < 4.78 is 0. The molecule has 1 aliphatic heterocycles. The third-order valence-corrected chi connectivity index (χ3v) is 5.17. The molecule has 0 aliphatic carbocycles. The number of hydrogen-bond donors (Lipinski definition) is 0. The molecule has 1 saturated heterocycles. The van der Waals surface area contributed by atoms with Gasteiger partial charge in [-0.3, -0.25) is 0 Å². The summed E-state index contributed by atoms with van der Waals surface area (Å²) in [6.07, 6.45) is 1.89. The molecular weight excluding hydrogens is 302 g/mol. The third-order valence-electron chi connectivity index (χ3n) is 4.34. The first-order chi connectivity index (χ1) is 11.4. The molecule has 1 unspecified atom stereocenters. The zero-order chi connectivity index (χ0) is 15.5. The van der Waals surface area contributed by atoms with E-state index in [0.29, 0.717) is 6.04 Å². The Hall–Kier alpha value is -2.33. The van der Waals surface area contributed by atoms with Crippen LogP contribution in [-0.4, -0.2) is 24.6 Å². The quantitative estimate of drug-likeness (QED) is 0.720. The molecule has 4 heteroatoms. The van der Waals surface area contributed by atoms with Crippen LogP contribution in [0.15, 0.2) is 72.2 Å². The van der Waals surface area contributed by atoms with Crippen molar-refractivity contribution in [2.45, 2.75) is 6.04 Å². The normalized spacial score (nSPS) is 18.2. The molecule has 1 fully saturated rings. The third kappa shape index (κ3) is 2.94. The summed E-state index contributed by atoms with van der Waals surface area (Å²) in [5.41, 5.74) is 2.65. The minimum atomic E-state index is 0.344. The van der Waals surface area contributed by atoms with E-state index in [-0.39, 0.29) is 0 Å². The topological polar surface area (TPSA) is 19.4 Å². The lowest BCUT2D eigenvalue weighted by atomic mass is 10.0. The average Bonchev–Trinajstić information content (AvgIpc) is 3.17. The standard InChI is InChI=1S/C19H19N3S/c1-3-7-16(8-4-1)18-15-21(19-20-11-14-23-19)12-13-22(18)17-9-5-2-6-10-17/h1-11,14,18H,12-13,15H2. The second-order valence-electron chi connectivity index (χ2n) is 5.72. The summed E-state index contributed by atoms with van der Waals surface area (Å²) in [4.78, 5) is 9.41. The maximum absolute atomic E-state index is 4.49. The molecule has 0 saturated carbocycles. The van der Waals surface area contributed by atoms with Gasteiger partial charge >= 0.3 is 0 Å². The number of aromatic nitrogens is 1. The molecule has 0 N–H and O–H groups in total. The Morgan fingerprint density at radius 1 is 0.913 bits per heavy atom. The zero-order valence-electron chi connectivity index (χ0n) is 12.9. The lowest BCUT2D eigenvalue weighted by Gasteiger charge is -2.43. The van der Waals surface area contributed by atoms with Gasteiger partial charge in [-0.2, -0.15) is 0 Å². The molecule has 1 aliphatic rings. The Morgan fingerprint density at radius 2 is 1.65 bits per heavy atom. The molecule has 23 heavy (non-hydrogen) atoms. The van der Waals surface area contributed by atoms with E-state index in [4.69, 9.17) is 0 Å². The van der Waals surface area contributed by atoms with E-state index in [0.717, 1.165) is 24.8 Å². The number of benzene rings is 2. The van der Waals surface area contributed by atoms with Crippen LogP contribution in [0.25, 0.3) is 0 Å². The van der Waals surface area contributed by atoms with Crippen LogP contribution in [0.2, 0.25) is 0 Å². The average molecular weight is 321 g/mol. The number of para-hydroxylation sites is 1. The molecule has 3 nitrogen and oxygen atoms in total. The molecule has 0 radical (unpaired) electrons. The fraction of sp³-hybridized carbons (Fsp3) is 0.211. The molecule has 0 bridgehead atoms. The first kappa shape index (κ1) is 14.3. The Morgan fingerprint density at radius 3 is 2.35 bits per heavy atom. The molecule has 4 rings (SSSR count). The van der Waals surface area contributed by atoms with Gasteiger partial charge in [-0.25, -0.2) is 4.98 Å². The highest BCUT2D eigenvalue weighted by Crippen LogP contribution is 2.32. The van der Waals surface area contributed by atoms with E-state index in [1.54, 1.807) is 11.3 Å². The summed E-state index contributed by atoms with van der Waals surface area (Å²) in [6.45, 7) is 2.97. The molecule has 1 atom stereocenters. The highest BCUT2D eigenvalue weighted by atomic mass is 32.1. The van der Waals surface area contributed by atoms with Crippen LogP contribution < -0.4 is 9.80 Å². The highest BCUT2D eigenvalue weighted by molar-refractivity contribution is 7.13. The zero-order valence-corrected chi connectivity index (χ0v) is 13.7. The largest absolute Gasteiger partial charge is 0.361 e. The van der Waals surface area contributed by atoms with Gasteiger partial charge in [0.05, 0.1) is 6.04 Å². The Balaban J connectivity index is 1.67. The number of piperazine rings is 1. The van der Waals surface area contributed by atoms with Crippen molar-refractivity contribution in [1.82, 2.24) is 4.98 Å². The predicted molar refractivity (Wildman–Crippen MR) is 97.3 cm³/mol. The smallest absolute Gasteiger partial charge is 0.185 e. The van der Waals surface area contributed by atoms with Crippen LogP contribution in [0.5, 0.6) is 0 Å². The number of anilines is 2. The van der Waals surface area contributed by atoms with E-state index in [1.165, 1.54) is 11.3 Å². The summed E-state index contributed by atoms with van der Waals surface area (Å²) in [6, 6.07) is 21.8. The van der Waals surface area contributed by atoms with Gasteiger partial charge in [0.2, 0.25) is 0 Å². The number of thiazole rings is 1. The molecule has 2 aromatic carbocycles. The monoisotopic (exact) mass is 321 g/mol. The van der Waals surface area contributed by atoms with Crippen LogP contribution in [0.4, 0.5) is 10.8 Å². The van der Waals surface area contributed by atoms with Crippen molar-refractivity contribution in [1.29, 1.82) is 0 Å². The van der Waals surface area contributed by atoms with E-state index in [2.05, 4.69) is 80.8 Å². The SMILES string of the molecule is c1ccc(C2CN(c3nccs3)CCN2c2ccccc2)cc1. The van der Waals surface area contributed by atoms with Gasteiger partial charge in [0.1, 0.15) is 0 Å². The van der Waals surface area contributed by atoms with Gasteiger partial charge in [0.25, 0.3) is 0 Å². The molecule has 116 valence electrons.